The lowest BCUT2D eigenvalue weighted by Crippen LogP contribution is -2.20. The van der Waals surface area contributed by atoms with E-state index < -0.39 is 0 Å². The van der Waals surface area contributed by atoms with Crippen LogP contribution in [0.25, 0.3) is 0 Å². The average molecular weight is 265 g/mol. The van der Waals surface area contributed by atoms with Gasteiger partial charge in [-0.25, -0.2) is 0 Å². The van der Waals surface area contributed by atoms with E-state index in [1.807, 2.05) is 6.92 Å². The first-order chi connectivity index (χ1) is 8.45. The lowest BCUT2D eigenvalue weighted by Gasteiger charge is -2.16. The van der Waals surface area contributed by atoms with Crippen molar-refractivity contribution in [2.24, 2.45) is 11.7 Å². The number of nitrogens with two attached hydrogens (primary N) is 1. The fourth-order valence-corrected chi connectivity index (χ4v) is 2.00. The molecule has 0 saturated heterocycles. The standard InChI is InChI=1S/C15H23NOS/c1-5-17-14-7-6-12(8-11(4)15(16)18)9-13(14)10(2)3/h6-7,9-11H,5,8H2,1-4H3,(H2,16,18). The number of benzene rings is 1. The van der Waals surface area contributed by atoms with Crippen molar-refractivity contribution in [1.82, 2.24) is 0 Å². The van der Waals surface area contributed by atoms with Crippen molar-refractivity contribution in [2.45, 2.75) is 40.0 Å². The number of thiocarbonyl (C=S) groups is 1. The zero-order chi connectivity index (χ0) is 13.7. The van der Waals surface area contributed by atoms with Gasteiger partial charge in [0.05, 0.1) is 11.6 Å². The summed E-state index contributed by atoms with van der Waals surface area (Å²) in [6.45, 7) is 9.13. The Hall–Kier alpha value is -1.09. The van der Waals surface area contributed by atoms with Gasteiger partial charge in [-0.05, 0) is 36.5 Å². The summed E-state index contributed by atoms with van der Waals surface area (Å²) in [6, 6.07) is 6.37. The highest BCUT2D eigenvalue weighted by molar-refractivity contribution is 7.80. The molecular weight excluding hydrogens is 242 g/mol. The zero-order valence-corrected chi connectivity index (χ0v) is 12.5. The minimum atomic E-state index is 0.234. The summed E-state index contributed by atoms with van der Waals surface area (Å²) in [6.07, 6.45) is 0.890. The molecule has 18 heavy (non-hydrogen) atoms. The third-order valence-electron chi connectivity index (χ3n) is 3.02. The molecule has 0 amide bonds. The predicted octanol–water partition coefficient (Wildman–Crippen LogP) is 3.67. The van der Waals surface area contributed by atoms with Crippen molar-refractivity contribution < 1.29 is 4.74 Å². The highest BCUT2D eigenvalue weighted by Crippen LogP contribution is 2.28. The number of ether oxygens (including phenoxy) is 1. The van der Waals surface area contributed by atoms with E-state index in [0.29, 0.717) is 17.5 Å². The molecule has 1 atom stereocenters. The fraction of sp³-hybridized carbons (Fsp3) is 0.533. The van der Waals surface area contributed by atoms with Gasteiger partial charge in [-0.15, -0.1) is 0 Å². The van der Waals surface area contributed by atoms with Crippen LogP contribution in [0.15, 0.2) is 18.2 Å². The van der Waals surface area contributed by atoms with Gasteiger partial charge in [0.2, 0.25) is 0 Å². The van der Waals surface area contributed by atoms with Crippen molar-refractivity contribution in [1.29, 1.82) is 0 Å². The first-order valence-corrected chi connectivity index (χ1v) is 6.91. The van der Waals surface area contributed by atoms with Crippen LogP contribution < -0.4 is 10.5 Å². The van der Waals surface area contributed by atoms with Gasteiger partial charge in [0.25, 0.3) is 0 Å². The van der Waals surface area contributed by atoms with Crippen molar-refractivity contribution in [2.75, 3.05) is 6.61 Å². The van der Waals surface area contributed by atoms with Crippen LogP contribution in [0.3, 0.4) is 0 Å². The molecule has 0 aliphatic heterocycles. The first-order valence-electron chi connectivity index (χ1n) is 6.50. The molecule has 1 aromatic rings. The summed E-state index contributed by atoms with van der Waals surface area (Å²) < 4.78 is 5.66. The Morgan fingerprint density at radius 1 is 1.33 bits per heavy atom. The van der Waals surface area contributed by atoms with Crippen molar-refractivity contribution >= 4 is 17.2 Å². The Morgan fingerprint density at radius 3 is 2.50 bits per heavy atom. The molecular formula is C15H23NOS. The summed E-state index contributed by atoms with van der Waals surface area (Å²) in [7, 11) is 0. The van der Waals surface area contributed by atoms with E-state index in [1.54, 1.807) is 0 Å². The van der Waals surface area contributed by atoms with Crippen LogP contribution in [-0.2, 0) is 6.42 Å². The van der Waals surface area contributed by atoms with E-state index in [4.69, 9.17) is 22.7 Å². The molecule has 100 valence electrons. The van der Waals surface area contributed by atoms with E-state index >= 15 is 0 Å². The maximum atomic E-state index is 5.67. The van der Waals surface area contributed by atoms with Crippen LogP contribution >= 0.6 is 12.2 Å². The highest BCUT2D eigenvalue weighted by Gasteiger charge is 2.11. The van der Waals surface area contributed by atoms with Crippen molar-refractivity contribution in [3.63, 3.8) is 0 Å². The summed E-state index contributed by atoms with van der Waals surface area (Å²) in [5.41, 5.74) is 8.19. The quantitative estimate of drug-likeness (QED) is 0.797. The van der Waals surface area contributed by atoms with Gasteiger partial charge in [0.15, 0.2) is 0 Å². The lowest BCUT2D eigenvalue weighted by atomic mass is 9.95. The molecule has 3 heteroatoms. The van der Waals surface area contributed by atoms with E-state index in [0.717, 1.165) is 12.2 Å². The summed E-state index contributed by atoms with van der Waals surface area (Å²) in [4.78, 5) is 0.579. The predicted molar refractivity (Wildman–Crippen MR) is 81.4 cm³/mol. The van der Waals surface area contributed by atoms with Gasteiger partial charge in [-0.3, -0.25) is 0 Å². The largest absolute Gasteiger partial charge is 0.494 e. The minimum Gasteiger partial charge on any atom is -0.494 e. The third-order valence-corrected chi connectivity index (χ3v) is 3.43. The van der Waals surface area contributed by atoms with E-state index in [-0.39, 0.29) is 5.92 Å². The molecule has 0 bridgehead atoms. The minimum absolute atomic E-state index is 0.234. The third kappa shape index (κ3) is 3.98. The molecule has 0 heterocycles. The van der Waals surface area contributed by atoms with Gasteiger partial charge in [-0.2, -0.15) is 0 Å². The molecule has 2 nitrogen and oxygen atoms in total. The maximum Gasteiger partial charge on any atom is 0.122 e. The lowest BCUT2D eigenvalue weighted by molar-refractivity contribution is 0.335. The van der Waals surface area contributed by atoms with Gasteiger partial charge in [-0.1, -0.05) is 45.1 Å². The molecule has 1 aromatic carbocycles. The molecule has 0 radical (unpaired) electrons. The van der Waals surface area contributed by atoms with Crippen molar-refractivity contribution in [3.05, 3.63) is 29.3 Å². The van der Waals surface area contributed by atoms with Crippen LogP contribution in [0.4, 0.5) is 0 Å². The van der Waals surface area contributed by atoms with Gasteiger partial charge in [0, 0.05) is 5.92 Å². The second-order valence-corrected chi connectivity index (χ2v) is 5.44. The molecule has 0 aliphatic rings. The van der Waals surface area contributed by atoms with Crippen molar-refractivity contribution in [3.8, 4) is 5.75 Å². The van der Waals surface area contributed by atoms with Gasteiger partial charge in [0.1, 0.15) is 5.75 Å². The molecule has 1 rings (SSSR count). The Morgan fingerprint density at radius 2 is 2.00 bits per heavy atom. The smallest absolute Gasteiger partial charge is 0.122 e. The zero-order valence-electron chi connectivity index (χ0n) is 11.7. The second-order valence-electron chi connectivity index (χ2n) is 4.97. The Labute approximate surface area is 116 Å². The topological polar surface area (TPSA) is 35.2 Å². The maximum absolute atomic E-state index is 5.67. The van der Waals surface area contributed by atoms with Crippen LogP contribution in [0.2, 0.25) is 0 Å². The monoisotopic (exact) mass is 265 g/mol. The van der Waals surface area contributed by atoms with Crippen LogP contribution in [0.5, 0.6) is 5.75 Å². The molecule has 0 spiro atoms. The molecule has 0 fully saturated rings. The molecule has 0 saturated carbocycles. The molecule has 2 N–H and O–H groups in total. The molecule has 1 unspecified atom stereocenters. The van der Waals surface area contributed by atoms with E-state index in [2.05, 4.69) is 39.0 Å². The SMILES string of the molecule is CCOc1ccc(CC(C)C(N)=S)cc1C(C)C. The van der Waals surface area contributed by atoms with Gasteiger partial charge >= 0.3 is 0 Å². The first kappa shape index (κ1) is 15.0. The second kappa shape index (κ2) is 6.74. The van der Waals surface area contributed by atoms with Crippen LogP contribution in [-0.4, -0.2) is 11.6 Å². The Balaban J connectivity index is 2.96. The highest BCUT2D eigenvalue weighted by atomic mass is 32.1. The molecule has 0 aliphatic carbocycles. The fourth-order valence-electron chi connectivity index (χ4n) is 1.92. The Kier molecular flexibility index (Phi) is 5.60. The van der Waals surface area contributed by atoms with Crippen LogP contribution in [0.1, 0.15) is 44.7 Å². The number of rotatable bonds is 6. The summed E-state index contributed by atoms with van der Waals surface area (Å²) >= 11 is 5.02. The number of hydrogen-bond donors (Lipinski definition) is 1. The average Bonchev–Trinajstić information content (AvgIpc) is 2.30. The Bertz CT molecular complexity index is 415. The molecule has 0 aromatic heterocycles. The van der Waals surface area contributed by atoms with Gasteiger partial charge < -0.3 is 10.5 Å². The summed E-state index contributed by atoms with van der Waals surface area (Å²) in [5.74, 6) is 1.67. The van der Waals surface area contributed by atoms with Crippen LogP contribution in [0, 0.1) is 5.92 Å². The van der Waals surface area contributed by atoms with E-state index in [1.165, 1.54) is 11.1 Å². The summed E-state index contributed by atoms with van der Waals surface area (Å²) in [5, 5.41) is 0. The van der Waals surface area contributed by atoms with E-state index in [9.17, 15) is 0 Å². The normalized spacial score (nSPS) is 12.5. The number of hydrogen-bond acceptors (Lipinski definition) is 2.